The molecule has 0 radical (unpaired) electrons. The second-order valence-corrected chi connectivity index (χ2v) is 2.98. The van der Waals surface area contributed by atoms with E-state index >= 15 is 0 Å². The van der Waals surface area contributed by atoms with Crippen LogP contribution in [0.1, 0.15) is 0 Å². The van der Waals surface area contributed by atoms with Crippen LogP contribution in [0.3, 0.4) is 0 Å². The molecule has 2 nitrogen and oxygen atoms in total. The maximum absolute atomic E-state index is 8.71. The maximum atomic E-state index is 8.71. The van der Waals surface area contributed by atoms with Crippen LogP contribution in [0, 0.1) is 3.95 Å². The van der Waals surface area contributed by atoms with E-state index in [0.29, 0.717) is 3.95 Å². The highest BCUT2D eigenvalue weighted by molar-refractivity contribution is 7.73. The van der Waals surface area contributed by atoms with Crippen LogP contribution in [0.2, 0.25) is 0 Å². The largest absolute Gasteiger partial charge is 0.493 e. The summed E-state index contributed by atoms with van der Waals surface area (Å²) in [4.78, 5) is 0. The molecule has 0 unspecified atom stereocenters. The van der Waals surface area contributed by atoms with Crippen LogP contribution < -0.4 is 0 Å². The van der Waals surface area contributed by atoms with Crippen molar-refractivity contribution in [3.8, 4) is 5.88 Å². The average Bonchev–Trinajstić information content (AvgIpc) is 1.98. The van der Waals surface area contributed by atoms with E-state index in [0.717, 1.165) is 4.09 Å². The first kappa shape index (κ1) is 6.07. The van der Waals surface area contributed by atoms with Gasteiger partial charge in [0, 0.05) is 11.8 Å². The molecule has 0 atom stereocenters. The van der Waals surface area contributed by atoms with Crippen LogP contribution in [0.15, 0.2) is 5.38 Å². The molecule has 0 saturated heterocycles. The van der Waals surface area contributed by atoms with Gasteiger partial charge in [-0.05, 0) is 12.2 Å². The zero-order valence-corrected chi connectivity index (χ0v) is 6.06. The average molecular weight is 168 g/mol. The van der Waals surface area contributed by atoms with Crippen molar-refractivity contribution in [2.75, 3.05) is 0 Å². The van der Waals surface area contributed by atoms with E-state index in [4.69, 9.17) is 16.9 Å². The lowest BCUT2D eigenvalue weighted by Crippen LogP contribution is -1.72. The van der Waals surface area contributed by atoms with Crippen molar-refractivity contribution in [2.24, 2.45) is 0 Å². The lowest BCUT2D eigenvalue weighted by molar-refractivity contribution is 0.450. The van der Waals surface area contributed by atoms with Crippen molar-refractivity contribution in [1.82, 2.24) is 4.09 Å². The number of thiazole rings is 1. The molecule has 0 aliphatic rings. The van der Waals surface area contributed by atoms with Crippen molar-refractivity contribution in [3.05, 3.63) is 9.33 Å². The highest BCUT2D eigenvalue weighted by atomic mass is 35.5. The van der Waals surface area contributed by atoms with Gasteiger partial charge in [0.05, 0.1) is 5.38 Å². The summed E-state index contributed by atoms with van der Waals surface area (Å²) in [5.74, 6) is 0.00154. The standard InChI is InChI=1S/C3H2ClNOS2/c4-5-2(6)1-8-3(5)7/h1,6H. The molecule has 1 N–H and O–H groups in total. The van der Waals surface area contributed by atoms with Crippen LogP contribution in [-0.4, -0.2) is 9.19 Å². The van der Waals surface area contributed by atoms with Crippen LogP contribution in [0.4, 0.5) is 0 Å². The van der Waals surface area contributed by atoms with E-state index in [9.17, 15) is 0 Å². The van der Waals surface area contributed by atoms with Crippen LogP contribution >= 0.6 is 35.3 Å². The third-order valence-electron chi connectivity index (χ3n) is 0.627. The summed E-state index contributed by atoms with van der Waals surface area (Å²) in [5.41, 5.74) is 0. The van der Waals surface area contributed by atoms with Crippen LogP contribution in [0.25, 0.3) is 0 Å². The second-order valence-electron chi connectivity index (χ2n) is 1.14. The normalized spacial score (nSPS) is 9.62. The van der Waals surface area contributed by atoms with E-state index in [1.165, 1.54) is 16.7 Å². The Bertz CT molecular complexity index is 240. The van der Waals surface area contributed by atoms with Gasteiger partial charge >= 0.3 is 0 Å². The summed E-state index contributed by atoms with van der Waals surface area (Å²) in [6.45, 7) is 0. The van der Waals surface area contributed by atoms with E-state index < -0.39 is 0 Å². The summed E-state index contributed by atoms with van der Waals surface area (Å²) in [5, 5.41) is 10.2. The Morgan fingerprint density at radius 1 is 1.88 bits per heavy atom. The molecule has 0 spiro atoms. The predicted molar refractivity (Wildman–Crippen MR) is 36.1 cm³/mol. The first-order valence-electron chi connectivity index (χ1n) is 1.77. The summed E-state index contributed by atoms with van der Waals surface area (Å²) >= 11 is 11.3. The van der Waals surface area contributed by atoms with E-state index in [2.05, 4.69) is 12.2 Å². The van der Waals surface area contributed by atoms with Gasteiger partial charge in [0.25, 0.3) is 0 Å². The Labute approximate surface area is 60.1 Å². The molecule has 0 bridgehead atoms. The Morgan fingerprint density at radius 3 is 2.62 bits per heavy atom. The highest BCUT2D eigenvalue weighted by Gasteiger charge is 1.95. The van der Waals surface area contributed by atoms with Crippen LogP contribution in [0.5, 0.6) is 5.88 Å². The number of aromatic hydroxyl groups is 1. The van der Waals surface area contributed by atoms with E-state index in [-0.39, 0.29) is 5.88 Å². The number of hydrogen-bond donors (Lipinski definition) is 1. The minimum absolute atomic E-state index is 0.00154. The molecule has 1 aromatic rings. The maximum Gasteiger partial charge on any atom is 0.218 e. The molecule has 0 aliphatic heterocycles. The van der Waals surface area contributed by atoms with Crippen LogP contribution in [-0.2, 0) is 0 Å². The van der Waals surface area contributed by atoms with Crippen molar-refractivity contribution < 1.29 is 5.11 Å². The zero-order chi connectivity index (χ0) is 6.15. The monoisotopic (exact) mass is 167 g/mol. The van der Waals surface area contributed by atoms with Gasteiger partial charge in [-0.1, -0.05) is 0 Å². The van der Waals surface area contributed by atoms with Gasteiger partial charge in [-0.15, -0.1) is 11.3 Å². The number of nitrogens with zero attached hydrogens (tertiary/aromatic N) is 1. The first-order valence-corrected chi connectivity index (χ1v) is 3.40. The Balaban J connectivity index is 3.41. The number of aromatic nitrogens is 1. The molecule has 0 saturated carbocycles. The highest BCUT2D eigenvalue weighted by Crippen LogP contribution is 2.17. The number of rotatable bonds is 0. The predicted octanol–water partition coefficient (Wildman–Crippen LogP) is 1.99. The summed E-state index contributed by atoms with van der Waals surface area (Å²) in [6, 6.07) is 0. The van der Waals surface area contributed by atoms with Gasteiger partial charge in [0.2, 0.25) is 5.88 Å². The summed E-state index contributed by atoms with van der Waals surface area (Å²) in [7, 11) is 0. The summed E-state index contributed by atoms with van der Waals surface area (Å²) < 4.78 is 1.49. The van der Waals surface area contributed by atoms with Gasteiger partial charge in [-0.2, -0.15) is 0 Å². The topological polar surface area (TPSA) is 25.2 Å². The Kier molecular flexibility index (Phi) is 1.55. The fourth-order valence-electron chi connectivity index (χ4n) is 0.289. The molecule has 0 aliphatic carbocycles. The van der Waals surface area contributed by atoms with Gasteiger partial charge in [0.1, 0.15) is 0 Å². The zero-order valence-electron chi connectivity index (χ0n) is 3.67. The molecule has 0 fully saturated rings. The first-order chi connectivity index (χ1) is 3.72. The molecule has 44 valence electrons. The van der Waals surface area contributed by atoms with Crippen molar-refractivity contribution in [3.63, 3.8) is 0 Å². The smallest absolute Gasteiger partial charge is 0.218 e. The number of hydrogen-bond acceptors (Lipinski definition) is 3. The molecule has 1 aromatic heterocycles. The van der Waals surface area contributed by atoms with Gasteiger partial charge in [-0.25, -0.2) is 4.09 Å². The second kappa shape index (κ2) is 2.05. The SMILES string of the molecule is Oc1csc(=S)n1Cl. The lowest BCUT2D eigenvalue weighted by Gasteiger charge is -1.83. The third-order valence-corrected chi connectivity index (χ3v) is 2.35. The molecular weight excluding hydrogens is 166 g/mol. The van der Waals surface area contributed by atoms with Crippen molar-refractivity contribution >= 4 is 35.3 Å². The minimum Gasteiger partial charge on any atom is -0.493 e. The Hall–Kier alpha value is -0.0600. The fourth-order valence-corrected chi connectivity index (χ4v) is 1.25. The van der Waals surface area contributed by atoms with E-state index in [1.54, 1.807) is 0 Å². The Morgan fingerprint density at radius 2 is 2.50 bits per heavy atom. The summed E-state index contributed by atoms with van der Waals surface area (Å²) in [6.07, 6.45) is 0. The molecule has 0 aromatic carbocycles. The third kappa shape index (κ3) is 0.866. The lowest BCUT2D eigenvalue weighted by atomic mass is 10.9. The molecular formula is C3H2ClNOS2. The van der Waals surface area contributed by atoms with Gasteiger partial charge in [-0.3, -0.25) is 0 Å². The van der Waals surface area contributed by atoms with Crippen molar-refractivity contribution in [2.45, 2.75) is 0 Å². The van der Waals surface area contributed by atoms with Gasteiger partial charge < -0.3 is 5.11 Å². The molecule has 1 rings (SSSR count). The number of halogens is 1. The van der Waals surface area contributed by atoms with Gasteiger partial charge in [0.15, 0.2) is 3.95 Å². The molecule has 0 amide bonds. The molecule has 5 heteroatoms. The van der Waals surface area contributed by atoms with E-state index in [1.807, 2.05) is 0 Å². The molecule has 8 heavy (non-hydrogen) atoms. The van der Waals surface area contributed by atoms with Crippen molar-refractivity contribution in [1.29, 1.82) is 0 Å². The molecule has 1 heterocycles. The minimum atomic E-state index is 0.00154. The quantitative estimate of drug-likeness (QED) is 0.598. The fraction of sp³-hybridized carbons (Fsp3) is 0.